The Morgan fingerprint density at radius 3 is 2.32 bits per heavy atom. The van der Waals surface area contributed by atoms with E-state index in [0.717, 1.165) is 5.56 Å². The number of hydrogen-bond donors (Lipinski definition) is 0. The van der Waals surface area contributed by atoms with Crippen LogP contribution in [0, 0.1) is 11.9 Å². The van der Waals surface area contributed by atoms with Crippen LogP contribution in [0.1, 0.15) is 10.5 Å². The van der Waals surface area contributed by atoms with E-state index < -0.39 is 17.0 Å². The molecule has 0 saturated heterocycles. The Morgan fingerprint density at radius 1 is 1.04 bits per heavy atom. The standard InChI is InChI=1S/C19H12Cl2N3O3S/c20-16-14-11-15(19(25)27-21)24(28(26)13-9-5-2-6-10-13)18(14)23-17(22-16)12-7-3-1-4-8-12/h1-11,21H/q+1. The molecule has 0 aliphatic carbocycles. The van der Waals surface area contributed by atoms with Gasteiger partial charge in [0.15, 0.2) is 22.5 Å². The predicted octanol–water partition coefficient (Wildman–Crippen LogP) is 3.68. The third kappa shape index (κ3) is 3.28. The normalized spacial score (nSPS) is 12.1. The van der Waals surface area contributed by atoms with Gasteiger partial charge in [-0.3, -0.25) is 0 Å². The highest BCUT2D eigenvalue weighted by Gasteiger charge is 2.26. The summed E-state index contributed by atoms with van der Waals surface area (Å²) >= 11 is 10.8. The van der Waals surface area contributed by atoms with Gasteiger partial charge in [0.05, 0.1) is 10.3 Å². The lowest BCUT2D eigenvalue weighted by atomic mass is 10.2. The van der Waals surface area contributed by atoms with Crippen LogP contribution in [0.5, 0.6) is 0 Å². The summed E-state index contributed by atoms with van der Waals surface area (Å²) in [6.45, 7) is 0. The Labute approximate surface area is 172 Å². The number of aromatic nitrogens is 3. The number of nitrogens with zero attached hydrogens (tertiary/aromatic N) is 3. The molecule has 28 heavy (non-hydrogen) atoms. The molecule has 0 N–H and O–H groups in total. The Balaban J connectivity index is 2.01. The number of fused-ring (bicyclic) bond motifs is 1. The Hall–Kier alpha value is -2.74. The topological polar surface area (TPSA) is 74.1 Å². The second kappa shape index (κ2) is 7.71. The minimum absolute atomic E-state index is 0.0198. The molecule has 0 bridgehead atoms. The fraction of sp³-hybridized carbons (Fsp3) is 0. The van der Waals surface area contributed by atoms with Crippen LogP contribution in [0.3, 0.4) is 0 Å². The van der Waals surface area contributed by atoms with Crippen molar-refractivity contribution in [2.45, 2.75) is 4.90 Å². The van der Waals surface area contributed by atoms with Gasteiger partial charge in [0.25, 0.3) is 0 Å². The van der Waals surface area contributed by atoms with Crippen LogP contribution in [0.4, 0.5) is 0 Å². The Kier molecular flexibility index (Phi) is 5.13. The fourth-order valence-electron chi connectivity index (χ4n) is 2.73. The average Bonchev–Trinajstić information content (AvgIpc) is 3.14. The van der Waals surface area contributed by atoms with E-state index >= 15 is 0 Å². The van der Waals surface area contributed by atoms with E-state index in [1.165, 1.54) is 10.0 Å². The summed E-state index contributed by atoms with van der Waals surface area (Å²) in [6.07, 6.45) is 0. The van der Waals surface area contributed by atoms with Gasteiger partial charge in [-0.2, -0.15) is 4.29 Å². The van der Waals surface area contributed by atoms with Gasteiger partial charge in [-0.15, -0.1) is 0 Å². The van der Waals surface area contributed by atoms with Crippen molar-refractivity contribution >= 4 is 39.6 Å². The first-order valence-corrected chi connectivity index (χ1v) is 9.88. The number of halogens is 2. The zero-order valence-electron chi connectivity index (χ0n) is 14.1. The summed E-state index contributed by atoms with van der Waals surface area (Å²) in [7, 11) is -1.78. The molecule has 2 heterocycles. The minimum atomic E-state index is -1.78. The first-order valence-electron chi connectivity index (χ1n) is 8.06. The smallest absolute Gasteiger partial charge is 0.238 e. The van der Waals surface area contributed by atoms with Crippen molar-refractivity contribution in [3.63, 3.8) is 0 Å². The molecule has 0 spiro atoms. The van der Waals surface area contributed by atoms with Gasteiger partial charge in [0, 0.05) is 5.56 Å². The van der Waals surface area contributed by atoms with E-state index in [-0.39, 0.29) is 16.5 Å². The first-order chi connectivity index (χ1) is 13.6. The van der Waals surface area contributed by atoms with Gasteiger partial charge >= 0.3 is 17.8 Å². The zero-order valence-corrected chi connectivity index (χ0v) is 16.5. The first kappa shape index (κ1) is 18.6. The second-order valence-corrected chi connectivity index (χ2v) is 7.56. The Morgan fingerprint density at radius 2 is 1.68 bits per heavy atom. The summed E-state index contributed by atoms with van der Waals surface area (Å²) in [5.74, 6) is -0.476. The molecular weight excluding hydrogens is 421 g/mol. The van der Waals surface area contributed by atoms with Gasteiger partial charge in [0.1, 0.15) is 10.8 Å². The largest absolute Gasteiger partial charge is 0.424 e. The summed E-state index contributed by atoms with van der Waals surface area (Å²) in [5.41, 5.74) is 0.960. The lowest BCUT2D eigenvalue weighted by Crippen LogP contribution is -2.14. The number of carbonyl (C=O) groups excluding carboxylic acids is 1. The lowest BCUT2D eigenvalue weighted by molar-refractivity contribution is -0.653. The van der Waals surface area contributed by atoms with Crippen LogP contribution in [0.15, 0.2) is 71.6 Å². The van der Waals surface area contributed by atoms with Crippen molar-refractivity contribution in [1.29, 1.82) is 0 Å². The van der Waals surface area contributed by atoms with E-state index in [2.05, 4.69) is 26.1 Å². The van der Waals surface area contributed by atoms with Gasteiger partial charge in [-0.05, 0) is 18.2 Å². The quantitative estimate of drug-likeness (QED) is 0.459. The number of benzene rings is 2. The van der Waals surface area contributed by atoms with Crippen molar-refractivity contribution in [3.8, 4) is 11.4 Å². The van der Waals surface area contributed by atoms with Crippen LogP contribution in [-0.4, -0.2) is 24.1 Å². The van der Waals surface area contributed by atoms with Gasteiger partial charge in [-0.1, -0.05) is 60.1 Å². The third-order valence-corrected chi connectivity index (χ3v) is 5.81. The highest BCUT2D eigenvalue weighted by molar-refractivity contribution is 7.83. The summed E-state index contributed by atoms with van der Waals surface area (Å²) in [5, 5.41) is 0.507. The highest BCUT2D eigenvalue weighted by Crippen LogP contribution is 2.30. The monoisotopic (exact) mass is 432 g/mol. The maximum atomic E-state index is 13.3. The van der Waals surface area contributed by atoms with Crippen LogP contribution in [-0.2, 0) is 15.3 Å². The fourth-order valence-corrected chi connectivity index (χ4v) is 4.24. The van der Waals surface area contributed by atoms with E-state index in [4.69, 9.17) is 11.6 Å². The molecule has 2 aromatic heterocycles. The zero-order chi connectivity index (χ0) is 19.7. The molecule has 0 fully saturated rings. The molecular formula is C19H12Cl2N3O3S+. The summed E-state index contributed by atoms with van der Waals surface area (Å²) in [4.78, 5) is 21.5. The molecule has 1 unspecified atom stereocenters. The molecule has 9 heteroatoms. The van der Waals surface area contributed by atoms with E-state index in [1.807, 2.05) is 30.3 Å². The lowest BCUT2D eigenvalue weighted by Gasteiger charge is -2.08. The SMILES string of the molecule is O=C(O[ClH+])c1cc2c(Cl)nc(-c3ccccc3)nc2n1S(=O)c1ccccc1. The molecule has 0 radical (unpaired) electrons. The van der Waals surface area contributed by atoms with Gasteiger partial charge in [0.2, 0.25) is 0 Å². The number of rotatable bonds is 4. The molecule has 4 rings (SSSR count). The van der Waals surface area contributed by atoms with Gasteiger partial charge < -0.3 is 0 Å². The molecule has 2 aromatic carbocycles. The van der Waals surface area contributed by atoms with E-state index in [0.29, 0.717) is 16.1 Å². The summed E-state index contributed by atoms with van der Waals surface area (Å²) < 4.78 is 19.0. The van der Waals surface area contributed by atoms with Crippen molar-refractivity contribution < 1.29 is 25.2 Å². The molecule has 1 atom stereocenters. The molecule has 140 valence electrons. The van der Waals surface area contributed by atoms with Crippen molar-refractivity contribution in [2.75, 3.05) is 0 Å². The molecule has 6 nitrogen and oxygen atoms in total. The maximum absolute atomic E-state index is 13.3. The minimum Gasteiger partial charge on any atom is -0.238 e. The van der Waals surface area contributed by atoms with Gasteiger partial charge in [-0.25, -0.2) is 22.9 Å². The van der Waals surface area contributed by atoms with Crippen LogP contribution >= 0.6 is 11.6 Å². The molecule has 4 aromatic rings. The van der Waals surface area contributed by atoms with Crippen LogP contribution < -0.4 is 0 Å². The van der Waals surface area contributed by atoms with E-state index in [1.54, 1.807) is 30.3 Å². The number of carbonyl (C=O) groups is 1. The molecule has 0 amide bonds. The molecule has 0 saturated carbocycles. The third-order valence-electron chi connectivity index (χ3n) is 4.00. The van der Waals surface area contributed by atoms with Crippen molar-refractivity contribution in [2.24, 2.45) is 0 Å². The van der Waals surface area contributed by atoms with E-state index in [9.17, 15) is 9.00 Å². The molecule has 0 aliphatic rings. The second-order valence-electron chi connectivity index (χ2n) is 5.70. The Bertz CT molecular complexity index is 1200. The average molecular weight is 433 g/mol. The predicted molar refractivity (Wildman–Crippen MR) is 103 cm³/mol. The van der Waals surface area contributed by atoms with Crippen molar-refractivity contribution in [1.82, 2.24) is 13.9 Å². The number of hydrogen-bond acceptors (Lipinski definition) is 5. The maximum Gasteiger partial charge on any atom is 0.424 e. The van der Waals surface area contributed by atoms with Crippen LogP contribution in [0.2, 0.25) is 5.15 Å². The molecule has 0 aliphatic heterocycles. The highest BCUT2D eigenvalue weighted by atomic mass is 35.5. The van der Waals surface area contributed by atoms with Crippen molar-refractivity contribution in [3.05, 3.63) is 77.6 Å². The van der Waals surface area contributed by atoms with Crippen LogP contribution in [0.25, 0.3) is 22.4 Å². The summed E-state index contributed by atoms with van der Waals surface area (Å²) in [6, 6.07) is 19.3.